The van der Waals surface area contributed by atoms with Gasteiger partial charge >= 0.3 is 0 Å². The summed E-state index contributed by atoms with van der Waals surface area (Å²) in [5.74, 6) is -0.0783. The first kappa shape index (κ1) is 13.1. The van der Waals surface area contributed by atoms with Crippen LogP contribution >= 0.6 is 0 Å². The molecule has 0 bridgehead atoms. The largest absolute Gasteiger partial charge is 0.379 e. The highest BCUT2D eigenvalue weighted by Gasteiger charge is 2.06. The molecule has 0 radical (unpaired) electrons. The van der Waals surface area contributed by atoms with Crippen LogP contribution in [0.25, 0.3) is 0 Å². The zero-order valence-corrected chi connectivity index (χ0v) is 11.3. The van der Waals surface area contributed by atoms with E-state index in [-0.39, 0.29) is 5.91 Å². The van der Waals surface area contributed by atoms with E-state index in [1.54, 1.807) is 24.0 Å². The summed E-state index contributed by atoms with van der Waals surface area (Å²) in [7, 11) is 3.48. The van der Waals surface area contributed by atoms with E-state index in [1.807, 2.05) is 26.1 Å². The number of amides is 1. The molecule has 2 rings (SSSR count). The molecule has 100 valence electrons. The van der Waals surface area contributed by atoms with Gasteiger partial charge in [-0.05, 0) is 30.7 Å². The van der Waals surface area contributed by atoms with Crippen LogP contribution in [0.15, 0.2) is 24.4 Å². The van der Waals surface area contributed by atoms with E-state index in [2.05, 4.69) is 20.9 Å². The van der Waals surface area contributed by atoms with Gasteiger partial charge in [-0.3, -0.25) is 9.48 Å². The molecule has 19 heavy (non-hydrogen) atoms. The molecule has 0 atom stereocenters. The summed E-state index contributed by atoms with van der Waals surface area (Å²) in [6.45, 7) is 2.61. The molecule has 2 N–H and O–H groups in total. The molecule has 0 fully saturated rings. The van der Waals surface area contributed by atoms with Crippen LogP contribution in [-0.2, 0) is 13.6 Å². The first-order chi connectivity index (χ1) is 9.11. The lowest BCUT2D eigenvalue weighted by Gasteiger charge is -2.10. The van der Waals surface area contributed by atoms with E-state index < -0.39 is 0 Å². The molecule has 0 saturated heterocycles. The number of carbonyl (C=O) groups excluding carboxylic acids is 1. The van der Waals surface area contributed by atoms with Crippen LogP contribution in [0.2, 0.25) is 0 Å². The smallest absolute Gasteiger partial charge is 0.251 e. The first-order valence-electron chi connectivity index (χ1n) is 6.02. The van der Waals surface area contributed by atoms with Gasteiger partial charge in [-0.1, -0.05) is 5.21 Å². The highest BCUT2D eigenvalue weighted by molar-refractivity contribution is 5.94. The summed E-state index contributed by atoms with van der Waals surface area (Å²) >= 11 is 0. The van der Waals surface area contributed by atoms with Crippen molar-refractivity contribution < 1.29 is 4.79 Å². The molecule has 1 amide bonds. The summed E-state index contributed by atoms with van der Waals surface area (Å²) < 4.78 is 1.72. The zero-order chi connectivity index (χ0) is 13.8. The monoisotopic (exact) mass is 259 g/mol. The number of rotatable bonds is 4. The van der Waals surface area contributed by atoms with Crippen molar-refractivity contribution in [3.8, 4) is 0 Å². The van der Waals surface area contributed by atoms with Crippen LogP contribution in [0.5, 0.6) is 0 Å². The fraction of sp³-hybridized carbons (Fsp3) is 0.308. The predicted molar refractivity (Wildman–Crippen MR) is 72.9 cm³/mol. The van der Waals surface area contributed by atoms with Gasteiger partial charge in [0, 0.05) is 25.3 Å². The van der Waals surface area contributed by atoms with Crippen LogP contribution in [0.4, 0.5) is 5.69 Å². The number of benzene rings is 1. The molecule has 0 saturated carbocycles. The number of nitrogens with zero attached hydrogens (tertiary/aromatic N) is 3. The standard InChI is InChI=1S/C13H17N5O/c1-9-6-10(13(19)14-2)4-5-12(9)15-7-11-8-16-17-18(11)3/h4-6,8,15H,7H2,1-3H3,(H,14,19). The Morgan fingerprint density at radius 2 is 2.21 bits per heavy atom. The minimum absolute atomic E-state index is 0.0783. The van der Waals surface area contributed by atoms with Gasteiger partial charge in [0.25, 0.3) is 5.91 Å². The van der Waals surface area contributed by atoms with Gasteiger partial charge in [0.1, 0.15) is 0 Å². The van der Waals surface area contributed by atoms with Gasteiger partial charge < -0.3 is 10.6 Å². The third-order valence-electron chi connectivity index (χ3n) is 2.98. The van der Waals surface area contributed by atoms with Crippen LogP contribution in [0.3, 0.4) is 0 Å². The lowest BCUT2D eigenvalue weighted by atomic mass is 10.1. The van der Waals surface area contributed by atoms with Gasteiger partial charge in [-0.2, -0.15) is 0 Å². The number of nitrogens with one attached hydrogen (secondary N) is 2. The molecule has 0 unspecified atom stereocenters. The van der Waals surface area contributed by atoms with Crippen molar-refractivity contribution >= 4 is 11.6 Å². The molecule has 1 heterocycles. The molecule has 0 aliphatic rings. The minimum Gasteiger partial charge on any atom is -0.379 e. The normalized spacial score (nSPS) is 10.3. The third kappa shape index (κ3) is 2.90. The number of aromatic nitrogens is 3. The maximum absolute atomic E-state index is 11.5. The molecule has 0 aliphatic carbocycles. The van der Waals surface area contributed by atoms with Crippen molar-refractivity contribution in [1.82, 2.24) is 20.3 Å². The van der Waals surface area contributed by atoms with E-state index in [4.69, 9.17) is 0 Å². The maximum Gasteiger partial charge on any atom is 0.251 e. The van der Waals surface area contributed by atoms with Gasteiger partial charge in [0.15, 0.2) is 0 Å². The third-order valence-corrected chi connectivity index (χ3v) is 2.98. The SMILES string of the molecule is CNC(=O)c1ccc(NCc2cnnn2C)c(C)c1. The van der Waals surface area contributed by atoms with Crippen molar-refractivity contribution in [2.24, 2.45) is 7.05 Å². The molecule has 0 spiro atoms. The van der Waals surface area contributed by atoms with Crippen molar-refractivity contribution in [2.45, 2.75) is 13.5 Å². The molecule has 6 heteroatoms. The molecule has 1 aromatic heterocycles. The molecular weight excluding hydrogens is 242 g/mol. The Kier molecular flexibility index (Phi) is 3.79. The van der Waals surface area contributed by atoms with E-state index in [9.17, 15) is 4.79 Å². The average molecular weight is 259 g/mol. The fourth-order valence-corrected chi connectivity index (χ4v) is 1.80. The second-order valence-electron chi connectivity index (χ2n) is 4.31. The average Bonchev–Trinajstić information content (AvgIpc) is 2.82. The quantitative estimate of drug-likeness (QED) is 0.862. The molecule has 0 aliphatic heterocycles. The summed E-state index contributed by atoms with van der Waals surface area (Å²) in [4.78, 5) is 11.5. The molecular formula is C13H17N5O. The number of anilines is 1. The van der Waals surface area contributed by atoms with E-state index in [1.165, 1.54) is 0 Å². The fourth-order valence-electron chi connectivity index (χ4n) is 1.80. The first-order valence-corrected chi connectivity index (χ1v) is 6.02. The van der Waals surface area contributed by atoms with Crippen LogP contribution in [0.1, 0.15) is 21.6 Å². The van der Waals surface area contributed by atoms with Gasteiger partial charge in [-0.15, -0.1) is 5.10 Å². The zero-order valence-electron chi connectivity index (χ0n) is 11.3. The van der Waals surface area contributed by atoms with Gasteiger partial charge in [0.05, 0.1) is 18.4 Å². The summed E-state index contributed by atoms with van der Waals surface area (Å²) in [6.07, 6.45) is 1.72. The van der Waals surface area contributed by atoms with Crippen molar-refractivity contribution in [3.63, 3.8) is 0 Å². The Bertz CT molecular complexity index is 590. The Morgan fingerprint density at radius 3 is 2.79 bits per heavy atom. The highest BCUT2D eigenvalue weighted by Crippen LogP contribution is 2.17. The lowest BCUT2D eigenvalue weighted by Crippen LogP contribution is -2.18. The second-order valence-corrected chi connectivity index (χ2v) is 4.31. The van der Waals surface area contributed by atoms with Crippen LogP contribution in [0, 0.1) is 6.92 Å². The molecule has 6 nitrogen and oxygen atoms in total. The Morgan fingerprint density at radius 1 is 1.42 bits per heavy atom. The maximum atomic E-state index is 11.5. The van der Waals surface area contributed by atoms with Crippen LogP contribution < -0.4 is 10.6 Å². The number of hydrogen-bond acceptors (Lipinski definition) is 4. The summed E-state index contributed by atoms with van der Waals surface area (Å²) in [6, 6.07) is 5.57. The van der Waals surface area contributed by atoms with Crippen molar-refractivity contribution in [2.75, 3.05) is 12.4 Å². The number of carbonyl (C=O) groups is 1. The Labute approximate surface area is 111 Å². The predicted octanol–water partition coefficient (Wildman–Crippen LogP) is 1.10. The second kappa shape index (κ2) is 5.51. The van der Waals surface area contributed by atoms with Gasteiger partial charge in [0.2, 0.25) is 0 Å². The summed E-state index contributed by atoms with van der Waals surface area (Å²) in [5, 5.41) is 13.6. The summed E-state index contributed by atoms with van der Waals surface area (Å²) in [5.41, 5.74) is 3.67. The van der Waals surface area contributed by atoms with E-state index >= 15 is 0 Å². The van der Waals surface area contributed by atoms with Crippen molar-refractivity contribution in [3.05, 3.63) is 41.2 Å². The highest BCUT2D eigenvalue weighted by atomic mass is 16.1. The van der Waals surface area contributed by atoms with Gasteiger partial charge in [-0.25, -0.2) is 0 Å². The minimum atomic E-state index is -0.0783. The topological polar surface area (TPSA) is 71.8 Å². The van der Waals surface area contributed by atoms with Crippen LogP contribution in [-0.4, -0.2) is 27.9 Å². The van der Waals surface area contributed by atoms with E-state index in [0.717, 1.165) is 16.9 Å². The molecule has 1 aromatic carbocycles. The Hall–Kier alpha value is -2.37. The number of aryl methyl sites for hydroxylation is 2. The lowest BCUT2D eigenvalue weighted by molar-refractivity contribution is 0.0963. The number of hydrogen-bond donors (Lipinski definition) is 2. The molecule has 2 aromatic rings. The Balaban J connectivity index is 2.09. The van der Waals surface area contributed by atoms with E-state index in [0.29, 0.717) is 12.1 Å². The van der Waals surface area contributed by atoms with Crippen molar-refractivity contribution in [1.29, 1.82) is 0 Å².